The Morgan fingerprint density at radius 2 is 1.77 bits per heavy atom. The Balaban J connectivity index is 1.67. The number of rotatable bonds is 10. The van der Waals surface area contributed by atoms with Gasteiger partial charge in [-0.3, -0.25) is 13.5 Å². The van der Waals surface area contributed by atoms with Crippen LogP contribution in [0.15, 0.2) is 81.8 Å². The van der Waals surface area contributed by atoms with Gasteiger partial charge in [0, 0.05) is 36.2 Å². The van der Waals surface area contributed by atoms with Crippen LogP contribution >= 0.6 is 0 Å². The van der Waals surface area contributed by atoms with E-state index in [-0.39, 0.29) is 35.6 Å². The van der Waals surface area contributed by atoms with Crippen LogP contribution in [0.3, 0.4) is 0 Å². The number of alkyl halides is 1. The first-order chi connectivity index (χ1) is 22.5. The molecule has 0 radical (unpaired) electrons. The normalized spacial score (nSPS) is 11.7. The van der Waals surface area contributed by atoms with Crippen molar-refractivity contribution in [2.75, 3.05) is 37.9 Å². The number of nitrogens with one attached hydrogen (secondary N) is 1. The summed E-state index contributed by atoms with van der Waals surface area (Å²) in [6.45, 7) is -0.877. The fourth-order valence-corrected chi connectivity index (χ4v) is 6.62. The number of furan rings is 1. The van der Waals surface area contributed by atoms with Crippen LogP contribution in [0.4, 0.5) is 14.5 Å². The standard InChI is InChI=1S/C34H30F2N4O6S/c1-37-33(41)30-24-18-23(21-10-13-27(44-3)25(17-21)34-39(2)32-28(46-34)7-5-15-38-32)26(40(16-6-14-35)47(4,42)43)19-29(24)45-31(30)20-8-11-22(36)12-9-20/h5,7-13,15,17-19H,6,14,16H2,1-4H3/p+1. The lowest BCUT2D eigenvalue weighted by atomic mass is 9.96. The number of benzene rings is 3. The number of ether oxygens (including phenoxy) is 1. The van der Waals surface area contributed by atoms with Gasteiger partial charge in [0.1, 0.15) is 34.7 Å². The molecule has 0 saturated heterocycles. The molecular formula is C34H31F2N4O6S+. The highest BCUT2D eigenvalue weighted by Gasteiger charge is 2.29. The summed E-state index contributed by atoms with van der Waals surface area (Å²) in [7, 11) is 0.885. The van der Waals surface area contributed by atoms with Crippen molar-refractivity contribution in [1.29, 1.82) is 0 Å². The first-order valence-electron chi connectivity index (χ1n) is 14.6. The van der Waals surface area contributed by atoms with Crippen LogP contribution in [0.25, 0.3) is 56.1 Å². The van der Waals surface area contributed by atoms with Crippen molar-refractivity contribution >= 4 is 43.8 Å². The summed E-state index contributed by atoms with van der Waals surface area (Å²) in [4.78, 5) is 17.7. The third kappa shape index (κ3) is 5.78. The molecule has 0 spiro atoms. The molecule has 47 heavy (non-hydrogen) atoms. The molecule has 1 amide bonds. The highest BCUT2D eigenvalue weighted by Crippen LogP contribution is 2.43. The van der Waals surface area contributed by atoms with E-state index in [1.54, 1.807) is 54.2 Å². The highest BCUT2D eigenvalue weighted by atomic mass is 32.2. The summed E-state index contributed by atoms with van der Waals surface area (Å²) in [5.41, 5.74) is 3.72. The van der Waals surface area contributed by atoms with Crippen molar-refractivity contribution in [1.82, 2.24) is 10.3 Å². The number of anilines is 1. The quantitative estimate of drug-likeness (QED) is 0.178. The third-order valence-electron chi connectivity index (χ3n) is 7.85. The number of methoxy groups -OCH3 is 1. The average molecular weight is 662 g/mol. The molecule has 0 bridgehead atoms. The van der Waals surface area contributed by atoms with Gasteiger partial charge in [0.2, 0.25) is 15.6 Å². The first kappa shape index (κ1) is 31.7. The molecule has 13 heteroatoms. The van der Waals surface area contributed by atoms with E-state index < -0.39 is 28.4 Å². The van der Waals surface area contributed by atoms with Gasteiger partial charge < -0.3 is 18.9 Å². The number of carbonyl (C=O) groups is 1. The zero-order chi connectivity index (χ0) is 33.5. The predicted molar refractivity (Wildman–Crippen MR) is 174 cm³/mol. The molecule has 242 valence electrons. The Kier molecular flexibility index (Phi) is 8.41. The zero-order valence-corrected chi connectivity index (χ0v) is 26.8. The van der Waals surface area contributed by atoms with Crippen molar-refractivity contribution in [2.24, 2.45) is 7.05 Å². The number of aromatic nitrogens is 2. The van der Waals surface area contributed by atoms with Crippen LogP contribution in [0.1, 0.15) is 16.8 Å². The molecule has 0 fully saturated rings. The number of pyridine rings is 1. The van der Waals surface area contributed by atoms with Crippen molar-refractivity contribution in [3.05, 3.63) is 84.3 Å². The summed E-state index contributed by atoms with van der Waals surface area (Å²) in [6.07, 6.45) is 2.65. The van der Waals surface area contributed by atoms with E-state index in [0.717, 1.165) is 10.6 Å². The van der Waals surface area contributed by atoms with Crippen LogP contribution in [-0.4, -0.2) is 52.9 Å². The van der Waals surface area contributed by atoms with Crippen LogP contribution < -0.4 is 18.9 Å². The van der Waals surface area contributed by atoms with E-state index in [1.807, 2.05) is 0 Å². The minimum atomic E-state index is -3.92. The molecule has 0 saturated carbocycles. The molecule has 0 unspecified atom stereocenters. The molecule has 3 heterocycles. The van der Waals surface area contributed by atoms with Crippen LogP contribution in [-0.2, 0) is 17.1 Å². The van der Waals surface area contributed by atoms with E-state index in [9.17, 15) is 22.0 Å². The van der Waals surface area contributed by atoms with E-state index >= 15 is 0 Å². The molecule has 3 aromatic heterocycles. The second-order valence-corrected chi connectivity index (χ2v) is 12.7. The number of carbonyl (C=O) groups excluding carboxylic acids is 1. The Morgan fingerprint density at radius 3 is 2.43 bits per heavy atom. The largest absolute Gasteiger partial charge is 0.496 e. The maximum absolute atomic E-state index is 13.8. The number of aryl methyl sites for hydroxylation is 1. The molecule has 3 aromatic carbocycles. The summed E-state index contributed by atoms with van der Waals surface area (Å²) in [5, 5.41) is 3.02. The van der Waals surface area contributed by atoms with Gasteiger partial charge in [0.15, 0.2) is 0 Å². The van der Waals surface area contributed by atoms with Crippen LogP contribution in [0.2, 0.25) is 0 Å². The molecule has 1 N–H and O–H groups in total. The van der Waals surface area contributed by atoms with Crippen LogP contribution in [0.5, 0.6) is 5.75 Å². The number of sulfonamides is 1. The number of amides is 1. The van der Waals surface area contributed by atoms with E-state index in [1.165, 1.54) is 44.5 Å². The number of fused-ring (bicyclic) bond motifs is 2. The fraction of sp³-hybridized carbons (Fsp3) is 0.206. The molecule has 10 nitrogen and oxygen atoms in total. The average Bonchev–Trinajstić information content (AvgIpc) is 3.61. The molecule has 0 atom stereocenters. The van der Waals surface area contributed by atoms with Crippen molar-refractivity contribution in [3.8, 4) is 39.7 Å². The van der Waals surface area contributed by atoms with Crippen LogP contribution in [0, 0.1) is 5.82 Å². The molecule has 6 aromatic rings. The third-order valence-corrected chi connectivity index (χ3v) is 9.03. The minimum Gasteiger partial charge on any atom is -0.496 e. The summed E-state index contributed by atoms with van der Waals surface area (Å²) < 4.78 is 74.6. The first-order valence-corrected chi connectivity index (χ1v) is 16.4. The smallest absolute Gasteiger partial charge is 0.368 e. The summed E-state index contributed by atoms with van der Waals surface area (Å²) in [5.74, 6) is 0.170. The lowest BCUT2D eigenvalue weighted by Gasteiger charge is -2.25. The number of nitrogens with zero attached hydrogens (tertiary/aromatic N) is 3. The van der Waals surface area contributed by atoms with Gasteiger partial charge >= 0.3 is 11.5 Å². The number of hydrogen-bond donors (Lipinski definition) is 1. The summed E-state index contributed by atoms with van der Waals surface area (Å²) in [6, 6.07) is 17.5. The molecule has 0 aliphatic carbocycles. The fourth-order valence-electron chi connectivity index (χ4n) is 5.65. The molecular weight excluding hydrogens is 630 g/mol. The molecule has 0 aliphatic rings. The lowest BCUT2D eigenvalue weighted by Crippen LogP contribution is -2.31. The minimum absolute atomic E-state index is 0.0529. The van der Waals surface area contributed by atoms with Gasteiger partial charge in [-0.25, -0.2) is 12.8 Å². The van der Waals surface area contributed by atoms with Gasteiger partial charge in [0.05, 0.1) is 38.3 Å². The van der Waals surface area contributed by atoms with Gasteiger partial charge in [-0.05, 0) is 71.6 Å². The lowest BCUT2D eigenvalue weighted by molar-refractivity contribution is -0.639. The van der Waals surface area contributed by atoms with E-state index in [4.69, 9.17) is 13.6 Å². The Hall–Kier alpha value is -5.30. The second kappa shape index (κ2) is 12.5. The van der Waals surface area contributed by atoms with Gasteiger partial charge in [-0.2, -0.15) is 4.57 Å². The Labute approximate surface area is 269 Å². The van der Waals surface area contributed by atoms with E-state index in [2.05, 4.69) is 10.3 Å². The topological polar surface area (TPSA) is 119 Å². The maximum atomic E-state index is 13.8. The highest BCUT2D eigenvalue weighted by molar-refractivity contribution is 7.92. The van der Waals surface area contributed by atoms with Crippen molar-refractivity contribution in [3.63, 3.8) is 0 Å². The van der Waals surface area contributed by atoms with Crippen molar-refractivity contribution in [2.45, 2.75) is 6.42 Å². The number of oxazole rings is 1. The van der Waals surface area contributed by atoms with Gasteiger partial charge in [-0.1, -0.05) is 6.07 Å². The number of hydrogen-bond acceptors (Lipinski definition) is 7. The monoisotopic (exact) mass is 661 g/mol. The SMILES string of the molecule is CNC(=O)c1c(-c2ccc(F)cc2)oc2cc(N(CCCF)S(C)(=O)=O)c(-c3ccc(OC)c(-c4oc5cccnc5[n+]4C)c3)cc12. The Morgan fingerprint density at radius 1 is 1.02 bits per heavy atom. The van der Waals surface area contributed by atoms with Crippen molar-refractivity contribution < 1.29 is 40.1 Å². The summed E-state index contributed by atoms with van der Waals surface area (Å²) >= 11 is 0. The maximum Gasteiger partial charge on any atom is 0.368 e. The Bertz CT molecular complexity index is 2250. The molecule has 0 aliphatic heterocycles. The van der Waals surface area contributed by atoms with Gasteiger partial charge in [0.25, 0.3) is 5.91 Å². The van der Waals surface area contributed by atoms with Gasteiger partial charge in [-0.15, -0.1) is 0 Å². The second-order valence-electron chi connectivity index (χ2n) is 10.8. The predicted octanol–water partition coefficient (Wildman–Crippen LogP) is 6.03. The number of halogens is 2. The zero-order valence-electron chi connectivity index (χ0n) is 26.0. The molecule has 6 rings (SSSR count). The van der Waals surface area contributed by atoms with E-state index in [0.29, 0.717) is 50.5 Å².